The van der Waals surface area contributed by atoms with Crippen LogP contribution in [0.15, 0.2) is 11.4 Å². The lowest BCUT2D eigenvalue weighted by Crippen LogP contribution is -2.35. The van der Waals surface area contributed by atoms with Gasteiger partial charge in [-0.1, -0.05) is 0 Å². The summed E-state index contributed by atoms with van der Waals surface area (Å²) >= 11 is 1.31. The molecule has 1 aromatic rings. The van der Waals surface area contributed by atoms with Crippen LogP contribution in [0.1, 0.15) is 23.7 Å². The van der Waals surface area contributed by atoms with E-state index in [2.05, 4.69) is 10.6 Å². The molecular formula is C13H18N2O4S. The number of thiophene rings is 1. The minimum Gasteiger partial charge on any atom is -0.462 e. The van der Waals surface area contributed by atoms with Crippen LogP contribution in [0.25, 0.3) is 0 Å². The maximum Gasteiger partial charge on any atom is 0.341 e. The van der Waals surface area contributed by atoms with E-state index in [1.165, 1.54) is 11.3 Å². The van der Waals surface area contributed by atoms with Crippen LogP contribution in [-0.2, 0) is 14.3 Å². The number of anilines is 1. The fourth-order valence-corrected chi connectivity index (χ4v) is 2.84. The van der Waals surface area contributed by atoms with Crippen LogP contribution in [0.2, 0.25) is 0 Å². The average Bonchev–Trinajstić information content (AvgIpc) is 3.07. The lowest BCUT2D eigenvalue weighted by Gasteiger charge is -2.11. The normalized spacial score (nSPS) is 21.7. The molecule has 1 amide bonds. The van der Waals surface area contributed by atoms with Gasteiger partial charge in [-0.25, -0.2) is 4.79 Å². The van der Waals surface area contributed by atoms with Gasteiger partial charge < -0.3 is 20.1 Å². The molecule has 0 radical (unpaired) electrons. The van der Waals surface area contributed by atoms with Crippen LogP contribution < -0.4 is 10.6 Å². The molecule has 0 bridgehead atoms. The molecule has 110 valence electrons. The Labute approximate surface area is 121 Å². The molecule has 0 aromatic carbocycles. The molecular weight excluding hydrogens is 280 g/mol. The first-order valence-electron chi connectivity index (χ1n) is 6.47. The van der Waals surface area contributed by atoms with Gasteiger partial charge in [0.25, 0.3) is 0 Å². The zero-order valence-corrected chi connectivity index (χ0v) is 12.3. The number of hydrogen-bond donors (Lipinski definition) is 2. The highest BCUT2D eigenvalue weighted by Crippen LogP contribution is 2.25. The van der Waals surface area contributed by atoms with E-state index in [0.29, 0.717) is 30.1 Å². The molecule has 2 unspecified atom stereocenters. The van der Waals surface area contributed by atoms with Crippen LogP contribution in [0.3, 0.4) is 0 Å². The standard InChI is InChI=1S/C13H18N2O4S/c1-3-19-13(17)9-4-5-20-12(9)15-11(16)10-6-8(18-2)7-14-10/h4-5,8,10,14H,3,6-7H2,1-2H3,(H,15,16). The molecule has 1 aliphatic rings. The minimum absolute atomic E-state index is 0.0543. The van der Waals surface area contributed by atoms with Crippen molar-refractivity contribution in [1.29, 1.82) is 0 Å². The maximum atomic E-state index is 12.1. The van der Waals surface area contributed by atoms with Crippen molar-refractivity contribution >= 4 is 28.2 Å². The molecule has 1 saturated heterocycles. The van der Waals surface area contributed by atoms with Gasteiger partial charge in [0.1, 0.15) is 5.00 Å². The molecule has 1 aliphatic heterocycles. The Balaban J connectivity index is 1.98. The number of ether oxygens (including phenoxy) is 2. The number of esters is 1. The highest BCUT2D eigenvalue weighted by atomic mass is 32.1. The molecule has 1 aromatic heterocycles. The largest absolute Gasteiger partial charge is 0.462 e. The lowest BCUT2D eigenvalue weighted by atomic mass is 10.2. The fraction of sp³-hybridized carbons (Fsp3) is 0.538. The van der Waals surface area contributed by atoms with Crippen LogP contribution in [0.5, 0.6) is 0 Å². The van der Waals surface area contributed by atoms with Crippen molar-refractivity contribution in [2.45, 2.75) is 25.5 Å². The highest BCUT2D eigenvalue weighted by Gasteiger charge is 2.30. The molecule has 0 aliphatic carbocycles. The van der Waals surface area contributed by atoms with Gasteiger partial charge in [-0.05, 0) is 24.8 Å². The molecule has 2 heterocycles. The van der Waals surface area contributed by atoms with Crippen molar-refractivity contribution in [3.05, 3.63) is 17.0 Å². The minimum atomic E-state index is -0.418. The van der Waals surface area contributed by atoms with E-state index in [1.807, 2.05) is 0 Å². The Hall–Kier alpha value is -1.44. The van der Waals surface area contributed by atoms with E-state index in [0.717, 1.165) is 0 Å². The highest BCUT2D eigenvalue weighted by molar-refractivity contribution is 7.14. The second kappa shape index (κ2) is 6.83. The molecule has 7 heteroatoms. The molecule has 2 atom stereocenters. The van der Waals surface area contributed by atoms with Crippen LogP contribution in [0, 0.1) is 0 Å². The summed E-state index contributed by atoms with van der Waals surface area (Å²) in [5.74, 6) is -0.573. The van der Waals surface area contributed by atoms with Crippen molar-refractivity contribution in [3.63, 3.8) is 0 Å². The third kappa shape index (κ3) is 3.36. The van der Waals surface area contributed by atoms with E-state index in [1.54, 1.807) is 25.5 Å². The molecule has 6 nitrogen and oxygen atoms in total. The Morgan fingerprint density at radius 3 is 3.00 bits per heavy atom. The zero-order chi connectivity index (χ0) is 14.5. The summed E-state index contributed by atoms with van der Waals surface area (Å²) in [4.78, 5) is 23.9. The number of methoxy groups -OCH3 is 1. The Kier molecular flexibility index (Phi) is 5.11. The van der Waals surface area contributed by atoms with E-state index in [-0.39, 0.29) is 18.1 Å². The van der Waals surface area contributed by atoms with Crippen molar-refractivity contribution in [1.82, 2.24) is 5.32 Å². The summed E-state index contributed by atoms with van der Waals surface area (Å²) < 4.78 is 10.2. The summed E-state index contributed by atoms with van der Waals surface area (Å²) in [5.41, 5.74) is 0.395. The van der Waals surface area contributed by atoms with Gasteiger partial charge in [0.05, 0.1) is 24.3 Å². The quantitative estimate of drug-likeness (QED) is 0.800. The molecule has 0 saturated carbocycles. The fourth-order valence-electron chi connectivity index (χ4n) is 2.06. The zero-order valence-electron chi connectivity index (χ0n) is 11.5. The van der Waals surface area contributed by atoms with Crippen LogP contribution in [-0.4, -0.2) is 44.3 Å². The van der Waals surface area contributed by atoms with Crippen molar-refractivity contribution in [2.75, 3.05) is 25.6 Å². The first-order valence-corrected chi connectivity index (χ1v) is 7.35. The van der Waals surface area contributed by atoms with E-state index in [4.69, 9.17) is 9.47 Å². The van der Waals surface area contributed by atoms with Gasteiger partial charge in [0, 0.05) is 13.7 Å². The van der Waals surface area contributed by atoms with E-state index >= 15 is 0 Å². The average molecular weight is 298 g/mol. The summed E-state index contributed by atoms with van der Waals surface area (Å²) in [6.45, 7) is 2.71. The Bertz CT molecular complexity index is 488. The van der Waals surface area contributed by atoms with Gasteiger partial charge in [0.15, 0.2) is 0 Å². The van der Waals surface area contributed by atoms with Gasteiger partial charge in [0.2, 0.25) is 5.91 Å². The number of carbonyl (C=O) groups is 2. The summed E-state index contributed by atoms with van der Waals surface area (Å²) in [6.07, 6.45) is 0.682. The van der Waals surface area contributed by atoms with Crippen molar-refractivity contribution in [3.8, 4) is 0 Å². The first kappa shape index (κ1) is 15.0. The molecule has 2 rings (SSSR count). The van der Waals surface area contributed by atoms with Gasteiger partial charge in [-0.3, -0.25) is 4.79 Å². The summed E-state index contributed by atoms with van der Waals surface area (Å²) in [5, 5.41) is 8.15. The number of nitrogens with one attached hydrogen (secondary N) is 2. The van der Waals surface area contributed by atoms with E-state index < -0.39 is 5.97 Å². The van der Waals surface area contributed by atoms with Crippen LogP contribution >= 0.6 is 11.3 Å². The smallest absolute Gasteiger partial charge is 0.341 e. The summed E-state index contributed by atoms with van der Waals surface area (Å²) in [6, 6.07) is 1.36. The van der Waals surface area contributed by atoms with Crippen molar-refractivity contribution < 1.29 is 19.1 Å². The van der Waals surface area contributed by atoms with Gasteiger partial charge in [-0.2, -0.15) is 0 Å². The number of carbonyl (C=O) groups excluding carboxylic acids is 2. The number of hydrogen-bond acceptors (Lipinski definition) is 6. The van der Waals surface area contributed by atoms with Crippen LogP contribution in [0.4, 0.5) is 5.00 Å². The predicted molar refractivity (Wildman–Crippen MR) is 76.1 cm³/mol. The molecule has 1 fully saturated rings. The molecule has 20 heavy (non-hydrogen) atoms. The Morgan fingerprint density at radius 2 is 2.35 bits per heavy atom. The molecule has 2 N–H and O–H groups in total. The topological polar surface area (TPSA) is 76.7 Å². The monoisotopic (exact) mass is 298 g/mol. The van der Waals surface area contributed by atoms with E-state index in [9.17, 15) is 9.59 Å². The third-order valence-electron chi connectivity index (χ3n) is 3.14. The van der Waals surface area contributed by atoms with Crippen molar-refractivity contribution in [2.24, 2.45) is 0 Å². The second-order valence-electron chi connectivity index (χ2n) is 4.43. The lowest BCUT2D eigenvalue weighted by molar-refractivity contribution is -0.117. The predicted octanol–water partition coefficient (Wildman–Crippen LogP) is 1.24. The van der Waals surface area contributed by atoms with Gasteiger partial charge >= 0.3 is 5.97 Å². The second-order valence-corrected chi connectivity index (χ2v) is 5.34. The third-order valence-corrected chi connectivity index (χ3v) is 3.97. The molecule has 0 spiro atoms. The van der Waals surface area contributed by atoms with Gasteiger partial charge in [-0.15, -0.1) is 11.3 Å². The SMILES string of the molecule is CCOC(=O)c1ccsc1NC(=O)C1CC(OC)CN1. The first-order chi connectivity index (χ1) is 9.65. The number of amides is 1. The Morgan fingerprint density at radius 1 is 1.55 bits per heavy atom. The maximum absolute atomic E-state index is 12.1. The summed E-state index contributed by atoms with van der Waals surface area (Å²) in [7, 11) is 1.63. The number of rotatable bonds is 5.